The summed E-state index contributed by atoms with van der Waals surface area (Å²) >= 11 is 0. The van der Waals surface area contributed by atoms with Crippen molar-refractivity contribution in [1.82, 2.24) is 4.98 Å². The van der Waals surface area contributed by atoms with E-state index in [0.29, 0.717) is 23.5 Å². The standard InChI is InChI=1S/C18H22N4O2/c1-3-10-18(2,19)17(24)21-14-8-6-7-13(12-14)16(23)22-15-9-4-5-11-20-15/h4-9,11-12H,3,10,19H2,1-2H3,(H,21,24)(H,20,22,23). The Morgan fingerprint density at radius 2 is 1.96 bits per heavy atom. The van der Waals surface area contributed by atoms with E-state index in [0.717, 1.165) is 6.42 Å². The summed E-state index contributed by atoms with van der Waals surface area (Å²) in [5, 5.41) is 5.47. The lowest BCUT2D eigenvalue weighted by Crippen LogP contribution is -2.48. The Morgan fingerprint density at radius 3 is 2.62 bits per heavy atom. The highest BCUT2D eigenvalue weighted by molar-refractivity contribution is 6.05. The molecule has 126 valence electrons. The maximum Gasteiger partial charge on any atom is 0.256 e. The third-order valence-electron chi connectivity index (χ3n) is 3.58. The highest BCUT2D eigenvalue weighted by Crippen LogP contribution is 2.16. The molecular formula is C18H22N4O2. The molecule has 4 N–H and O–H groups in total. The topological polar surface area (TPSA) is 97.1 Å². The van der Waals surface area contributed by atoms with Gasteiger partial charge in [-0.05, 0) is 43.7 Å². The van der Waals surface area contributed by atoms with Gasteiger partial charge in [-0.15, -0.1) is 0 Å². The summed E-state index contributed by atoms with van der Waals surface area (Å²) in [5.74, 6) is -0.102. The van der Waals surface area contributed by atoms with E-state index in [1.165, 1.54) is 0 Å². The lowest BCUT2D eigenvalue weighted by Gasteiger charge is -2.22. The molecule has 1 unspecified atom stereocenters. The van der Waals surface area contributed by atoms with Crippen molar-refractivity contribution in [3.63, 3.8) is 0 Å². The summed E-state index contributed by atoms with van der Waals surface area (Å²) in [6.07, 6.45) is 2.99. The Morgan fingerprint density at radius 1 is 1.17 bits per heavy atom. The normalized spacial score (nSPS) is 13.0. The predicted octanol–water partition coefficient (Wildman–Crippen LogP) is 2.79. The quantitative estimate of drug-likeness (QED) is 0.760. The Bertz CT molecular complexity index is 714. The second-order valence-corrected chi connectivity index (χ2v) is 5.87. The van der Waals surface area contributed by atoms with Crippen molar-refractivity contribution >= 4 is 23.3 Å². The zero-order chi connectivity index (χ0) is 17.6. The lowest BCUT2D eigenvalue weighted by atomic mass is 9.96. The highest BCUT2D eigenvalue weighted by Gasteiger charge is 2.27. The van der Waals surface area contributed by atoms with Crippen molar-refractivity contribution in [2.45, 2.75) is 32.2 Å². The van der Waals surface area contributed by atoms with Crippen LogP contribution in [0.3, 0.4) is 0 Å². The third kappa shape index (κ3) is 4.63. The van der Waals surface area contributed by atoms with E-state index in [-0.39, 0.29) is 11.8 Å². The van der Waals surface area contributed by atoms with Crippen molar-refractivity contribution in [1.29, 1.82) is 0 Å². The Labute approximate surface area is 141 Å². The minimum absolute atomic E-state index is 0.272. The molecule has 0 radical (unpaired) electrons. The molecule has 0 spiro atoms. The molecule has 24 heavy (non-hydrogen) atoms. The molecule has 0 fully saturated rings. The van der Waals surface area contributed by atoms with Crippen LogP contribution in [0.2, 0.25) is 0 Å². The summed E-state index contributed by atoms with van der Waals surface area (Å²) < 4.78 is 0. The monoisotopic (exact) mass is 326 g/mol. The summed E-state index contributed by atoms with van der Waals surface area (Å²) in [6.45, 7) is 3.67. The highest BCUT2D eigenvalue weighted by atomic mass is 16.2. The number of carbonyl (C=O) groups is 2. The molecule has 6 heteroatoms. The molecular weight excluding hydrogens is 304 g/mol. The zero-order valence-corrected chi connectivity index (χ0v) is 13.9. The number of nitrogens with one attached hydrogen (secondary N) is 2. The van der Waals surface area contributed by atoms with E-state index in [9.17, 15) is 9.59 Å². The number of amides is 2. The summed E-state index contributed by atoms with van der Waals surface area (Å²) in [6, 6.07) is 12.0. The minimum atomic E-state index is -0.943. The Kier molecular flexibility index (Phi) is 5.65. The molecule has 1 aromatic heterocycles. The summed E-state index contributed by atoms with van der Waals surface area (Å²) in [5.41, 5.74) is 6.03. The molecule has 0 saturated heterocycles. The van der Waals surface area contributed by atoms with Crippen LogP contribution in [0.25, 0.3) is 0 Å². The second-order valence-electron chi connectivity index (χ2n) is 5.87. The number of aromatic nitrogens is 1. The van der Waals surface area contributed by atoms with Crippen molar-refractivity contribution in [3.05, 3.63) is 54.2 Å². The summed E-state index contributed by atoms with van der Waals surface area (Å²) in [7, 11) is 0. The number of nitrogens with zero attached hydrogens (tertiary/aromatic N) is 1. The van der Waals surface area contributed by atoms with Crippen LogP contribution in [0.4, 0.5) is 11.5 Å². The molecule has 0 aliphatic rings. The predicted molar refractivity (Wildman–Crippen MR) is 94.8 cm³/mol. The van der Waals surface area contributed by atoms with Crippen LogP contribution in [0.1, 0.15) is 37.0 Å². The summed E-state index contributed by atoms with van der Waals surface area (Å²) in [4.78, 5) is 28.6. The van der Waals surface area contributed by atoms with E-state index in [1.807, 2.05) is 6.92 Å². The van der Waals surface area contributed by atoms with E-state index in [1.54, 1.807) is 55.6 Å². The van der Waals surface area contributed by atoms with Gasteiger partial charge in [0.15, 0.2) is 0 Å². The average Bonchev–Trinajstić information content (AvgIpc) is 2.56. The average molecular weight is 326 g/mol. The molecule has 1 aromatic carbocycles. The fraction of sp³-hybridized carbons (Fsp3) is 0.278. The van der Waals surface area contributed by atoms with E-state index < -0.39 is 5.54 Å². The molecule has 6 nitrogen and oxygen atoms in total. The lowest BCUT2D eigenvalue weighted by molar-refractivity contribution is -0.120. The van der Waals surface area contributed by atoms with Gasteiger partial charge in [-0.1, -0.05) is 25.5 Å². The Balaban J connectivity index is 2.08. The van der Waals surface area contributed by atoms with E-state index >= 15 is 0 Å². The molecule has 1 heterocycles. The second kappa shape index (κ2) is 7.70. The number of nitrogens with two attached hydrogens (primary N) is 1. The fourth-order valence-corrected chi connectivity index (χ4v) is 2.27. The number of hydrogen-bond acceptors (Lipinski definition) is 4. The zero-order valence-electron chi connectivity index (χ0n) is 13.9. The number of rotatable bonds is 6. The van der Waals surface area contributed by atoms with E-state index in [4.69, 9.17) is 5.73 Å². The number of pyridine rings is 1. The molecule has 2 aromatic rings. The first-order valence-corrected chi connectivity index (χ1v) is 7.85. The molecule has 0 aliphatic carbocycles. The van der Waals surface area contributed by atoms with Crippen LogP contribution < -0.4 is 16.4 Å². The molecule has 2 rings (SSSR count). The van der Waals surface area contributed by atoms with Crippen LogP contribution in [-0.2, 0) is 4.79 Å². The molecule has 0 aliphatic heterocycles. The number of anilines is 2. The SMILES string of the molecule is CCCC(C)(N)C(=O)Nc1cccc(C(=O)Nc2ccccn2)c1. The first kappa shape index (κ1) is 17.6. The molecule has 1 atom stereocenters. The van der Waals surface area contributed by atoms with Gasteiger partial charge in [0, 0.05) is 17.4 Å². The van der Waals surface area contributed by atoms with Gasteiger partial charge >= 0.3 is 0 Å². The fourth-order valence-electron chi connectivity index (χ4n) is 2.27. The largest absolute Gasteiger partial charge is 0.324 e. The van der Waals surface area contributed by atoms with Gasteiger partial charge in [-0.3, -0.25) is 9.59 Å². The van der Waals surface area contributed by atoms with Gasteiger partial charge in [0.2, 0.25) is 5.91 Å². The van der Waals surface area contributed by atoms with Gasteiger partial charge in [0.25, 0.3) is 5.91 Å². The number of carbonyl (C=O) groups excluding carboxylic acids is 2. The Hall–Kier alpha value is -2.73. The van der Waals surface area contributed by atoms with Crippen molar-refractivity contribution < 1.29 is 9.59 Å². The molecule has 0 saturated carbocycles. The van der Waals surface area contributed by atoms with E-state index in [2.05, 4.69) is 15.6 Å². The van der Waals surface area contributed by atoms with Crippen molar-refractivity contribution in [2.24, 2.45) is 5.73 Å². The van der Waals surface area contributed by atoms with Gasteiger partial charge in [0.05, 0.1) is 5.54 Å². The van der Waals surface area contributed by atoms with Crippen molar-refractivity contribution in [3.8, 4) is 0 Å². The van der Waals surface area contributed by atoms with Gasteiger partial charge in [-0.25, -0.2) is 4.98 Å². The maximum absolute atomic E-state index is 12.3. The number of benzene rings is 1. The first-order valence-electron chi connectivity index (χ1n) is 7.85. The van der Waals surface area contributed by atoms with Crippen LogP contribution in [0.15, 0.2) is 48.7 Å². The maximum atomic E-state index is 12.3. The van der Waals surface area contributed by atoms with Gasteiger partial charge in [-0.2, -0.15) is 0 Å². The minimum Gasteiger partial charge on any atom is -0.324 e. The number of hydrogen-bond donors (Lipinski definition) is 3. The van der Waals surface area contributed by atoms with Crippen LogP contribution in [-0.4, -0.2) is 22.3 Å². The molecule has 0 bridgehead atoms. The van der Waals surface area contributed by atoms with Gasteiger partial charge < -0.3 is 16.4 Å². The van der Waals surface area contributed by atoms with Crippen LogP contribution in [0.5, 0.6) is 0 Å². The van der Waals surface area contributed by atoms with Crippen LogP contribution >= 0.6 is 0 Å². The van der Waals surface area contributed by atoms with Crippen LogP contribution in [0, 0.1) is 0 Å². The smallest absolute Gasteiger partial charge is 0.256 e. The molecule has 2 amide bonds. The van der Waals surface area contributed by atoms with Gasteiger partial charge in [0.1, 0.15) is 5.82 Å². The first-order chi connectivity index (χ1) is 11.4. The third-order valence-corrected chi connectivity index (χ3v) is 3.58. The van der Waals surface area contributed by atoms with Crippen molar-refractivity contribution in [2.75, 3.05) is 10.6 Å².